The maximum absolute atomic E-state index is 12.3. The van der Waals surface area contributed by atoms with Crippen molar-refractivity contribution in [1.29, 1.82) is 0 Å². The second-order valence-electron chi connectivity index (χ2n) is 4.91. The first-order chi connectivity index (χ1) is 9.47. The Morgan fingerprint density at radius 1 is 1.40 bits per heavy atom. The molecule has 0 saturated heterocycles. The van der Waals surface area contributed by atoms with Crippen LogP contribution in [0.4, 0.5) is 0 Å². The molecule has 1 heterocycles. The lowest BCUT2D eigenvalue weighted by atomic mass is 10.0. The van der Waals surface area contributed by atoms with E-state index in [4.69, 9.17) is 0 Å². The molecular weight excluding hydrogens is 320 g/mol. The molecule has 2 rings (SSSR count). The monoisotopic (exact) mass is 336 g/mol. The van der Waals surface area contributed by atoms with Gasteiger partial charge in [-0.2, -0.15) is 5.10 Å². The minimum Gasteiger partial charge on any atom is -0.348 e. The lowest BCUT2D eigenvalue weighted by molar-refractivity contribution is 0.0935. The Morgan fingerprint density at radius 3 is 2.80 bits per heavy atom. The maximum atomic E-state index is 12.3. The van der Waals surface area contributed by atoms with Crippen molar-refractivity contribution >= 4 is 21.8 Å². The molecule has 0 saturated carbocycles. The fourth-order valence-electron chi connectivity index (χ4n) is 1.98. The van der Waals surface area contributed by atoms with E-state index < -0.39 is 0 Å². The van der Waals surface area contributed by atoms with Gasteiger partial charge in [0.2, 0.25) is 0 Å². The molecule has 0 aliphatic rings. The molecule has 1 N–H and O–H groups in total. The molecule has 0 aliphatic carbocycles. The number of carbonyl (C=O) groups is 1. The number of rotatable bonds is 4. The summed E-state index contributed by atoms with van der Waals surface area (Å²) in [4.78, 5) is 16.2. The van der Waals surface area contributed by atoms with Gasteiger partial charge < -0.3 is 5.32 Å². The van der Waals surface area contributed by atoms with Crippen LogP contribution in [0.3, 0.4) is 0 Å². The summed E-state index contributed by atoms with van der Waals surface area (Å²) >= 11 is 3.47. The van der Waals surface area contributed by atoms with Crippen molar-refractivity contribution in [2.75, 3.05) is 0 Å². The van der Waals surface area contributed by atoms with Crippen LogP contribution in [-0.4, -0.2) is 26.7 Å². The van der Waals surface area contributed by atoms with Gasteiger partial charge in [-0.15, -0.1) is 0 Å². The highest BCUT2D eigenvalue weighted by Crippen LogP contribution is 2.21. The fourth-order valence-corrected chi connectivity index (χ4v) is 2.44. The van der Waals surface area contributed by atoms with E-state index in [9.17, 15) is 4.79 Å². The number of halogens is 1. The zero-order chi connectivity index (χ0) is 14.7. The first-order valence-corrected chi connectivity index (χ1v) is 7.16. The van der Waals surface area contributed by atoms with E-state index in [1.165, 1.54) is 6.33 Å². The van der Waals surface area contributed by atoms with Crippen molar-refractivity contribution in [2.45, 2.75) is 33.4 Å². The van der Waals surface area contributed by atoms with E-state index in [0.29, 0.717) is 12.1 Å². The smallest absolute Gasteiger partial charge is 0.251 e. The number of carbonyl (C=O) groups excluding carboxylic acids is 1. The highest BCUT2D eigenvalue weighted by Gasteiger charge is 2.14. The molecule has 0 fully saturated rings. The number of hydrogen-bond acceptors (Lipinski definition) is 3. The van der Waals surface area contributed by atoms with Crippen molar-refractivity contribution in [2.24, 2.45) is 0 Å². The molecule has 1 amide bonds. The van der Waals surface area contributed by atoms with E-state index in [-0.39, 0.29) is 11.9 Å². The molecule has 0 radical (unpaired) electrons. The topological polar surface area (TPSA) is 59.8 Å². The van der Waals surface area contributed by atoms with Crippen LogP contribution < -0.4 is 5.32 Å². The van der Waals surface area contributed by atoms with Crippen LogP contribution in [0, 0.1) is 13.8 Å². The van der Waals surface area contributed by atoms with Gasteiger partial charge in [0.05, 0.1) is 6.54 Å². The van der Waals surface area contributed by atoms with Crippen molar-refractivity contribution in [3.8, 4) is 0 Å². The number of benzene rings is 1. The van der Waals surface area contributed by atoms with Crippen LogP contribution in [0.2, 0.25) is 0 Å². The number of nitrogens with one attached hydrogen (secondary N) is 1. The fraction of sp³-hybridized carbons (Fsp3) is 0.357. The Hall–Kier alpha value is -1.69. The summed E-state index contributed by atoms with van der Waals surface area (Å²) in [5.41, 5.74) is 2.70. The lowest BCUT2D eigenvalue weighted by Gasteiger charge is -2.15. The van der Waals surface area contributed by atoms with E-state index in [1.807, 2.05) is 32.9 Å². The Morgan fingerprint density at radius 2 is 2.15 bits per heavy atom. The molecule has 0 aliphatic heterocycles. The third kappa shape index (κ3) is 3.45. The molecule has 1 aromatic heterocycles. The average Bonchev–Trinajstić information content (AvgIpc) is 2.86. The number of aromatic nitrogens is 3. The molecule has 0 unspecified atom stereocenters. The second kappa shape index (κ2) is 6.17. The van der Waals surface area contributed by atoms with Crippen molar-refractivity contribution in [3.05, 3.63) is 46.0 Å². The Bertz CT molecular complexity index is 610. The zero-order valence-electron chi connectivity index (χ0n) is 11.7. The summed E-state index contributed by atoms with van der Waals surface area (Å²) in [7, 11) is 0. The van der Waals surface area contributed by atoms with E-state index in [0.717, 1.165) is 15.6 Å². The molecule has 1 aromatic carbocycles. The summed E-state index contributed by atoms with van der Waals surface area (Å²) in [6.45, 7) is 6.45. The van der Waals surface area contributed by atoms with Gasteiger partial charge in [0.15, 0.2) is 0 Å². The number of hydrogen-bond donors (Lipinski definition) is 1. The van der Waals surface area contributed by atoms with Gasteiger partial charge in [-0.3, -0.25) is 9.48 Å². The summed E-state index contributed by atoms with van der Waals surface area (Å²) in [6, 6.07) is 3.84. The third-order valence-electron chi connectivity index (χ3n) is 3.06. The number of aryl methyl sites for hydroxylation is 2. The van der Waals surface area contributed by atoms with Crippen LogP contribution in [-0.2, 0) is 6.54 Å². The zero-order valence-corrected chi connectivity index (χ0v) is 13.3. The number of amides is 1. The third-order valence-corrected chi connectivity index (χ3v) is 3.91. The number of nitrogens with zero attached hydrogens (tertiary/aromatic N) is 3. The van der Waals surface area contributed by atoms with Crippen LogP contribution in [0.5, 0.6) is 0 Å². The minimum atomic E-state index is -0.0642. The van der Waals surface area contributed by atoms with Gasteiger partial charge >= 0.3 is 0 Å². The molecule has 2 aromatic rings. The summed E-state index contributed by atoms with van der Waals surface area (Å²) in [5.74, 6) is -0.0642. The predicted molar refractivity (Wildman–Crippen MR) is 80.6 cm³/mol. The SMILES string of the molecule is Cc1cc(C(=O)N[C@H](C)Cn2cncn2)c(C)cc1Br. The van der Waals surface area contributed by atoms with Gasteiger partial charge in [-0.25, -0.2) is 4.98 Å². The van der Waals surface area contributed by atoms with Crippen molar-refractivity contribution < 1.29 is 4.79 Å². The summed E-state index contributed by atoms with van der Waals surface area (Å²) in [5, 5.41) is 7.01. The largest absolute Gasteiger partial charge is 0.348 e. The summed E-state index contributed by atoms with van der Waals surface area (Å²) < 4.78 is 2.71. The molecule has 5 nitrogen and oxygen atoms in total. The van der Waals surface area contributed by atoms with Crippen LogP contribution in [0.15, 0.2) is 29.3 Å². The standard InChI is InChI=1S/C14H17BrN4O/c1-9-5-13(15)10(2)4-12(9)14(20)18-11(3)6-19-8-16-7-17-19/h4-5,7-8,11H,6H2,1-3H3,(H,18,20)/t11-/m1/s1. The Labute approximate surface area is 126 Å². The molecule has 6 heteroatoms. The lowest BCUT2D eigenvalue weighted by Crippen LogP contribution is -2.36. The Kier molecular flexibility index (Phi) is 4.54. The van der Waals surface area contributed by atoms with E-state index >= 15 is 0 Å². The minimum absolute atomic E-state index is 0.0208. The first kappa shape index (κ1) is 14.7. The quantitative estimate of drug-likeness (QED) is 0.932. The average molecular weight is 337 g/mol. The van der Waals surface area contributed by atoms with Crippen LogP contribution in [0.25, 0.3) is 0 Å². The molecule has 20 heavy (non-hydrogen) atoms. The normalized spacial score (nSPS) is 12.2. The predicted octanol–water partition coefficient (Wildman–Crippen LogP) is 2.48. The van der Waals surface area contributed by atoms with Crippen molar-refractivity contribution in [3.63, 3.8) is 0 Å². The van der Waals surface area contributed by atoms with Crippen LogP contribution >= 0.6 is 15.9 Å². The highest BCUT2D eigenvalue weighted by atomic mass is 79.9. The maximum Gasteiger partial charge on any atom is 0.251 e. The van der Waals surface area contributed by atoms with Gasteiger partial charge in [-0.05, 0) is 44.0 Å². The van der Waals surface area contributed by atoms with E-state index in [1.54, 1.807) is 11.0 Å². The molecule has 106 valence electrons. The van der Waals surface area contributed by atoms with Gasteiger partial charge in [0.25, 0.3) is 5.91 Å². The summed E-state index contributed by atoms with van der Waals surface area (Å²) in [6.07, 6.45) is 3.12. The van der Waals surface area contributed by atoms with Gasteiger partial charge in [0, 0.05) is 16.1 Å². The van der Waals surface area contributed by atoms with E-state index in [2.05, 4.69) is 31.3 Å². The second-order valence-corrected chi connectivity index (χ2v) is 5.76. The first-order valence-electron chi connectivity index (χ1n) is 6.37. The van der Waals surface area contributed by atoms with Gasteiger partial charge in [-0.1, -0.05) is 15.9 Å². The van der Waals surface area contributed by atoms with Gasteiger partial charge in [0.1, 0.15) is 12.7 Å². The highest BCUT2D eigenvalue weighted by molar-refractivity contribution is 9.10. The van der Waals surface area contributed by atoms with Crippen LogP contribution in [0.1, 0.15) is 28.4 Å². The molecule has 0 spiro atoms. The molecule has 0 bridgehead atoms. The molecular formula is C14H17BrN4O. The van der Waals surface area contributed by atoms with Crippen molar-refractivity contribution in [1.82, 2.24) is 20.1 Å². The molecule has 1 atom stereocenters. The Balaban J connectivity index is 2.06.